The molecular formula is C16H20N4O. The number of fused-ring (bicyclic) bond motifs is 1. The van der Waals surface area contributed by atoms with E-state index in [4.69, 9.17) is 5.73 Å². The van der Waals surface area contributed by atoms with Crippen molar-refractivity contribution in [2.24, 2.45) is 5.73 Å². The minimum atomic E-state index is -0.0118. The Balaban J connectivity index is 1.61. The van der Waals surface area contributed by atoms with Crippen LogP contribution in [0.2, 0.25) is 0 Å². The fourth-order valence-corrected chi connectivity index (χ4v) is 2.79. The van der Waals surface area contributed by atoms with Crippen LogP contribution in [0.15, 0.2) is 30.5 Å². The fourth-order valence-electron chi connectivity index (χ4n) is 2.79. The summed E-state index contributed by atoms with van der Waals surface area (Å²) >= 11 is 0. The molecule has 110 valence electrons. The van der Waals surface area contributed by atoms with Crippen LogP contribution in [-0.4, -0.2) is 28.7 Å². The van der Waals surface area contributed by atoms with Crippen LogP contribution >= 0.6 is 0 Å². The molecule has 3 rings (SSSR count). The summed E-state index contributed by atoms with van der Waals surface area (Å²) in [6, 6.07) is 7.84. The molecule has 0 fully saturated rings. The normalized spacial score (nSPS) is 17.3. The number of amides is 1. The maximum Gasteiger partial charge on any atom is 0.251 e. The van der Waals surface area contributed by atoms with Gasteiger partial charge in [-0.2, -0.15) is 5.10 Å². The van der Waals surface area contributed by atoms with Gasteiger partial charge < -0.3 is 11.1 Å². The zero-order chi connectivity index (χ0) is 14.7. The van der Waals surface area contributed by atoms with Gasteiger partial charge in [-0.1, -0.05) is 12.1 Å². The van der Waals surface area contributed by atoms with Gasteiger partial charge >= 0.3 is 0 Å². The molecule has 1 heterocycles. The molecule has 5 nitrogen and oxygen atoms in total. The van der Waals surface area contributed by atoms with E-state index in [0.29, 0.717) is 12.1 Å². The van der Waals surface area contributed by atoms with Crippen molar-refractivity contribution >= 4 is 5.91 Å². The van der Waals surface area contributed by atoms with Gasteiger partial charge in [-0.25, -0.2) is 0 Å². The number of benzene rings is 1. The first-order valence-electron chi connectivity index (χ1n) is 7.37. The number of H-pyrrole nitrogens is 1. The molecule has 0 bridgehead atoms. The van der Waals surface area contributed by atoms with Crippen molar-refractivity contribution in [1.82, 2.24) is 15.5 Å². The first-order chi connectivity index (χ1) is 10.3. The molecule has 0 aliphatic heterocycles. The van der Waals surface area contributed by atoms with Crippen molar-refractivity contribution in [3.8, 4) is 0 Å². The molecule has 21 heavy (non-hydrogen) atoms. The molecule has 2 aromatic rings. The zero-order valence-corrected chi connectivity index (χ0v) is 11.9. The smallest absolute Gasteiger partial charge is 0.251 e. The lowest BCUT2D eigenvalue weighted by Crippen LogP contribution is -2.38. The Morgan fingerprint density at radius 1 is 1.38 bits per heavy atom. The number of carbonyl (C=O) groups is 1. The molecule has 0 spiro atoms. The first-order valence-corrected chi connectivity index (χ1v) is 7.37. The van der Waals surface area contributed by atoms with Gasteiger partial charge in [0.05, 0.1) is 6.20 Å². The van der Waals surface area contributed by atoms with Crippen LogP contribution in [0.25, 0.3) is 0 Å². The topological polar surface area (TPSA) is 83.8 Å². The highest BCUT2D eigenvalue weighted by molar-refractivity contribution is 5.94. The lowest BCUT2D eigenvalue weighted by molar-refractivity contribution is 0.0933. The van der Waals surface area contributed by atoms with Gasteiger partial charge in [0.25, 0.3) is 5.91 Å². The molecule has 1 aliphatic rings. The van der Waals surface area contributed by atoms with Gasteiger partial charge in [0.15, 0.2) is 0 Å². The van der Waals surface area contributed by atoms with E-state index in [-0.39, 0.29) is 11.9 Å². The van der Waals surface area contributed by atoms with Crippen LogP contribution in [0.3, 0.4) is 0 Å². The number of nitrogens with zero attached hydrogens (tertiary/aromatic N) is 1. The predicted molar refractivity (Wildman–Crippen MR) is 81.1 cm³/mol. The monoisotopic (exact) mass is 284 g/mol. The quantitative estimate of drug-likeness (QED) is 0.788. The van der Waals surface area contributed by atoms with E-state index < -0.39 is 0 Å². The molecule has 0 saturated carbocycles. The van der Waals surface area contributed by atoms with Crippen molar-refractivity contribution in [1.29, 1.82) is 0 Å². The van der Waals surface area contributed by atoms with Crippen LogP contribution in [-0.2, 0) is 19.3 Å². The molecule has 0 saturated heterocycles. The van der Waals surface area contributed by atoms with Crippen molar-refractivity contribution in [3.05, 3.63) is 52.8 Å². The maximum absolute atomic E-state index is 12.3. The highest BCUT2D eigenvalue weighted by Crippen LogP contribution is 2.19. The second-order valence-corrected chi connectivity index (χ2v) is 5.52. The van der Waals surface area contributed by atoms with Gasteiger partial charge in [0, 0.05) is 23.7 Å². The van der Waals surface area contributed by atoms with Crippen LogP contribution in [0.5, 0.6) is 0 Å². The summed E-state index contributed by atoms with van der Waals surface area (Å²) in [7, 11) is 0. The van der Waals surface area contributed by atoms with E-state index in [1.165, 1.54) is 5.56 Å². The van der Waals surface area contributed by atoms with Crippen molar-refractivity contribution in [2.75, 3.05) is 6.54 Å². The van der Waals surface area contributed by atoms with E-state index in [1.807, 2.05) is 30.5 Å². The number of rotatable bonds is 4. The summed E-state index contributed by atoms with van der Waals surface area (Å²) in [5.41, 5.74) is 9.80. The molecule has 4 N–H and O–H groups in total. The molecule has 1 aliphatic carbocycles. The Morgan fingerprint density at radius 3 is 2.95 bits per heavy atom. The Morgan fingerprint density at radius 2 is 2.19 bits per heavy atom. The molecule has 1 aromatic carbocycles. The van der Waals surface area contributed by atoms with E-state index in [1.54, 1.807) is 0 Å². The highest BCUT2D eigenvalue weighted by atomic mass is 16.1. The molecule has 0 unspecified atom stereocenters. The first kappa shape index (κ1) is 13.8. The molecule has 0 radical (unpaired) electrons. The summed E-state index contributed by atoms with van der Waals surface area (Å²) in [6.07, 6.45) is 5.47. The zero-order valence-electron chi connectivity index (χ0n) is 11.9. The predicted octanol–water partition coefficient (Wildman–Crippen LogP) is 1.20. The van der Waals surface area contributed by atoms with Gasteiger partial charge in [-0.05, 0) is 49.1 Å². The second kappa shape index (κ2) is 6.10. The number of hydrogen-bond acceptors (Lipinski definition) is 3. The van der Waals surface area contributed by atoms with E-state index in [2.05, 4.69) is 15.5 Å². The Hall–Kier alpha value is -2.14. The average molecular weight is 284 g/mol. The average Bonchev–Trinajstić information content (AvgIpc) is 2.96. The third-order valence-electron chi connectivity index (χ3n) is 4.00. The van der Waals surface area contributed by atoms with Gasteiger partial charge in [0.1, 0.15) is 0 Å². The lowest BCUT2D eigenvalue weighted by Gasteiger charge is -2.22. The second-order valence-electron chi connectivity index (χ2n) is 5.52. The number of aromatic amines is 1. The molecule has 1 amide bonds. The summed E-state index contributed by atoms with van der Waals surface area (Å²) in [4.78, 5) is 12.3. The third-order valence-corrected chi connectivity index (χ3v) is 4.00. The van der Waals surface area contributed by atoms with Crippen molar-refractivity contribution < 1.29 is 4.79 Å². The number of hydrogen-bond donors (Lipinski definition) is 3. The van der Waals surface area contributed by atoms with E-state index in [9.17, 15) is 4.79 Å². The molecule has 5 heteroatoms. The van der Waals surface area contributed by atoms with Gasteiger partial charge in [0.2, 0.25) is 0 Å². The summed E-state index contributed by atoms with van der Waals surface area (Å²) in [5, 5.41) is 10.2. The highest BCUT2D eigenvalue weighted by Gasteiger charge is 2.21. The van der Waals surface area contributed by atoms with E-state index in [0.717, 1.165) is 36.9 Å². The van der Waals surface area contributed by atoms with Crippen LogP contribution in [0, 0.1) is 0 Å². The van der Waals surface area contributed by atoms with Gasteiger partial charge in [-0.15, -0.1) is 0 Å². The lowest BCUT2D eigenvalue weighted by atomic mass is 9.93. The maximum atomic E-state index is 12.3. The number of nitrogens with one attached hydrogen (secondary N) is 2. The Bertz CT molecular complexity index is 617. The van der Waals surface area contributed by atoms with Crippen LogP contribution in [0.4, 0.5) is 0 Å². The molecule has 1 atom stereocenters. The van der Waals surface area contributed by atoms with Crippen molar-refractivity contribution in [3.63, 3.8) is 0 Å². The summed E-state index contributed by atoms with van der Waals surface area (Å²) in [6.45, 7) is 0.625. The standard InChI is InChI=1S/C16H20N4O/c17-8-7-11-1-3-12(4-2-11)16(21)19-14-6-5-13-10-18-20-15(13)9-14/h1-4,10,14H,5-9,17H2,(H,18,20)(H,19,21)/t14-/m1/s1. The summed E-state index contributed by atoms with van der Waals surface area (Å²) < 4.78 is 0. The Kier molecular flexibility index (Phi) is 4.01. The third kappa shape index (κ3) is 3.13. The van der Waals surface area contributed by atoms with Crippen LogP contribution in [0.1, 0.15) is 33.6 Å². The molecule has 1 aromatic heterocycles. The summed E-state index contributed by atoms with van der Waals surface area (Å²) in [5.74, 6) is -0.0118. The Labute approximate surface area is 123 Å². The van der Waals surface area contributed by atoms with Gasteiger partial charge in [-0.3, -0.25) is 9.89 Å². The number of carbonyl (C=O) groups excluding carboxylic acids is 1. The number of aryl methyl sites for hydroxylation is 1. The number of nitrogens with two attached hydrogens (primary N) is 1. The largest absolute Gasteiger partial charge is 0.349 e. The SMILES string of the molecule is NCCc1ccc(C(=O)N[C@@H]2CCc3cn[nH]c3C2)cc1. The fraction of sp³-hybridized carbons (Fsp3) is 0.375. The van der Waals surface area contributed by atoms with Crippen molar-refractivity contribution in [2.45, 2.75) is 31.7 Å². The minimum absolute atomic E-state index is 0.0118. The van der Waals surface area contributed by atoms with E-state index >= 15 is 0 Å². The number of aromatic nitrogens is 2. The minimum Gasteiger partial charge on any atom is -0.349 e. The molecular weight excluding hydrogens is 264 g/mol. The van der Waals surface area contributed by atoms with Crippen LogP contribution < -0.4 is 11.1 Å².